The maximum Gasteiger partial charge on any atom is 0.333 e. The highest BCUT2D eigenvalue weighted by atomic mass is 28.4. The molecule has 0 unspecified atom stereocenters. The van der Waals surface area contributed by atoms with Crippen molar-refractivity contribution in [1.29, 1.82) is 0 Å². The van der Waals surface area contributed by atoms with E-state index in [9.17, 15) is 24.0 Å². The highest BCUT2D eigenvalue weighted by Crippen LogP contribution is 2.37. The first kappa shape index (κ1) is 34.5. The number of esters is 5. The molecule has 0 aromatic heterocycles. The smallest absolute Gasteiger partial charge is 0.333 e. The third-order valence-corrected chi connectivity index (χ3v) is 11.0. The largest absolute Gasteiger partial charge is 0.544 e. The lowest BCUT2D eigenvalue weighted by atomic mass is 9.98. The van der Waals surface area contributed by atoms with Gasteiger partial charge in [0.15, 0.2) is 12.2 Å². The first-order chi connectivity index (χ1) is 19.4. The fourth-order valence-corrected chi connectivity index (χ4v) is 4.73. The van der Waals surface area contributed by atoms with Gasteiger partial charge in [-0.3, -0.25) is 19.2 Å². The Kier molecular flexibility index (Phi) is 11.9. The first-order valence-electron chi connectivity index (χ1n) is 13.4. The Bertz CT molecular complexity index is 1170. The van der Waals surface area contributed by atoms with E-state index in [0.29, 0.717) is 5.56 Å². The second-order valence-corrected chi connectivity index (χ2v) is 16.0. The summed E-state index contributed by atoms with van der Waals surface area (Å²) in [5, 5.41) is 0.0321. The van der Waals surface area contributed by atoms with Crippen LogP contribution in [-0.2, 0) is 52.4 Å². The van der Waals surface area contributed by atoms with E-state index in [4.69, 9.17) is 32.8 Å². The molecule has 0 bridgehead atoms. The number of hydrogen-bond acceptors (Lipinski definition) is 12. The summed E-state index contributed by atoms with van der Waals surface area (Å²) in [6.45, 7) is 14.7. The molecule has 0 aliphatic carbocycles. The van der Waals surface area contributed by atoms with Crippen LogP contribution >= 0.6 is 0 Å². The molecule has 1 heterocycles. The van der Waals surface area contributed by atoms with Gasteiger partial charge in [0.2, 0.25) is 20.7 Å². The minimum absolute atomic E-state index is 0.0321. The minimum atomic E-state index is -2.02. The van der Waals surface area contributed by atoms with Crippen LogP contribution in [0.2, 0.25) is 18.1 Å². The van der Waals surface area contributed by atoms with E-state index in [-0.39, 0.29) is 5.04 Å². The van der Waals surface area contributed by atoms with Crippen LogP contribution in [0.1, 0.15) is 54.0 Å². The van der Waals surface area contributed by atoms with Crippen LogP contribution in [0.25, 0.3) is 6.08 Å². The van der Waals surface area contributed by atoms with Gasteiger partial charge < -0.3 is 32.8 Å². The van der Waals surface area contributed by atoms with Crippen LogP contribution in [0, 0.1) is 0 Å². The van der Waals surface area contributed by atoms with Gasteiger partial charge in [0.1, 0.15) is 18.5 Å². The molecule has 1 saturated heterocycles. The number of benzene rings is 1. The molecule has 0 spiro atoms. The maximum atomic E-state index is 12.8. The van der Waals surface area contributed by atoms with E-state index in [1.165, 1.54) is 6.08 Å². The quantitative estimate of drug-likeness (QED) is 0.165. The lowest BCUT2D eigenvalue weighted by molar-refractivity contribution is -0.299. The molecular formula is C29H40O12Si. The molecule has 1 aromatic carbocycles. The fraction of sp³-hybridized carbons (Fsp3) is 0.552. The van der Waals surface area contributed by atoms with Crippen LogP contribution < -0.4 is 4.43 Å². The van der Waals surface area contributed by atoms with Crippen LogP contribution in [0.3, 0.4) is 0 Å². The van der Waals surface area contributed by atoms with Crippen molar-refractivity contribution in [3.8, 4) is 5.75 Å². The van der Waals surface area contributed by atoms with Crippen molar-refractivity contribution in [3.63, 3.8) is 0 Å². The highest BCUT2D eigenvalue weighted by Gasteiger charge is 2.53. The van der Waals surface area contributed by atoms with Gasteiger partial charge in [-0.05, 0) is 41.9 Å². The number of hydrogen-bond donors (Lipinski definition) is 0. The van der Waals surface area contributed by atoms with Gasteiger partial charge in [-0.15, -0.1) is 0 Å². The molecule has 0 N–H and O–H groups in total. The Hall–Kier alpha value is -3.71. The fourth-order valence-electron chi connectivity index (χ4n) is 3.70. The number of carbonyl (C=O) groups excluding carboxylic acids is 5. The molecule has 1 aromatic rings. The molecule has 2 rings (SSSR count). The normalized spacial score (nSPS) is 22.5. The molecule has 5 atom stereocenters. The topological polar surface area (TPSA) is 150 Å². The summed E-state index contributed by atoms with van der Waals surface area (Å²) in [4.78, 5) is 60.0. The van der Waals surface area contributed by atoms with Gasteiger partial charge in [-0.2, -0.15) is 0 Å². The molecule has 0 radical (unpaired) electrons. The minimum Gasteiger partial charge on any atom is -0.544 e. The van der Waals surface area contributed by atoms with E-state index in [2.05, 4.69) is 33.9 Å². The Labute approximate surface area is 246 Å². The van der Waals surface area contributed by atoms with Crippen LogP contribution in [0.5, 0.6) is 5.75 Å². The van der Waals surface area contributed by atoms with Crippen molar-refractivity contribution in [2.24, 2.45) is 0 Å². The molecule has 13 heteroatoms. The Morgan fingerprint density at radius 2 is 1.31 bits per heavy atom. The Balaban J connectivity index is 2.28. The van der Waals surface area contributed by atoms with Gasteiger partial charge >= 0.3 is 29.8 Å². The molecule has 1 aliphatic rings. The zero-order valence-corrected chi connectivity index (χ0v) is 26.5. The van der Waals surface area contributed by atoms with Crippen molar-refractivity contribution >= 4 is 44.2 Å². The van der Waals surface area contributed by atoms with Crippen molar-refractivity contribution < 1.29 is 56.8 Å². The summed E-state index contributed by atoms with van der Waals surface area (Å²) >= 11 is 0. The van der Waals surface area contributed by atoms with E-state index in [1.54, 1.807) is 12.1 Å². The van der Waals surface area contributed by atoms with Crippen LogP contribution in [0.4, 0.5) is 0 Å². The highest BCUT2D eigenvalue weighted by molar-refractivity contribution is 6.74. The van der Waals surface area contributed by atoms with Gasteiger partial charge in [-0.25, -0.2) is 4.79 Å². The summed E-state index contributed by atoms with van der Waals surface area (Å²) in [5.74, 6) is -3.19. The van der Waals surface area contributed by atoms with Gasteiger partial charge in [0, 0.05) is 33.8 Å². The standard InChI is InChI=1S/C29H40O12Si/c1-17(30)35-16-23-25(36-18(2)31)26(37-19(3)32)27(38-20(4)33)28(39-23)40-24(34)15-12-21-10-13-22(14-11-21)41-42(8,9)29(5,6)7/h10-15,23,25-28H,16H2,1-9H3/b15-12+/t23-,25-,26+,27-,28+/m1/s1. The third-order valence-electron chi connectivity index (χ3n) is 6.65. The van der Waals surface area contributed by atoms with E-state index in [1.807, 2.05) is 12.1 Å². The zero-order chi connectivity index (χ0) is 31.8. The second-order valence-electron chi connectivity index (χ2n) is 11.3. The number of carbonyl (C=O) groups is 5. The summed E-state index contributed by atoms with van der Waals surface area (Å²) < 4.78 is 38.4. The first-order valence-corrected chi connectivity index (χ1v) is 16.3. The zero-order valence-electron chi connectivity index (χ0n) is 25.5. The average Bonchev–Trinajstić information content (AvgIpc) is 2.84. The van der Waals surface area contributed by atoms with E-state index in [0.717, 1.165) is 39.5 Å². The molecule has 12 nitrogen and oxygen atoms in total. The number of ether oxygens (including phenoxy) is 6. The maximum absolute atomic E-state index is 12.8. The summed E-state index contributed by atoms with van der Waals surface area (Å²) in [5.41, 5.74) is 0.677. The van der Waals surface area contributed by atoms with Crippen molar-refractivity contribution in [2.75, 3.05) is 6.61 Å². The summed E-state index contributed by atoms with van der Waals surface area (Å²) in [6.07, 6.45) is -4.50. The molecule has 1 fully saturated rings. The summed E-state index contributed by atoms with van der Waals surface area (Å²) in [7, 11) is -2.02. The van der Waals surface area contributed by atoms with Crippen molar-refractivity contribution in [2.45, 2.75) is 97.3 Å². The molecular weight excluding hydrogens is 568 g/mol. The third kappa shape index (κ3) is 10.3. The number of rotatable bonds is 10. The predicted octanol–water partition coefficient (Wildman–Crippen LogP) is 3.71. The summed E-state index contributed by atoms with van der Waals surface area (Å²) in [6, 6.07) is 7.18. The molecule has 0 saturated carbocycles. The van der Waals surface area contributed by atoms with Gasteiger partial charge in [0.05, 0.1) is 0 Å². The lowest BCUT2D eigenvalue weighted by Gasteiger charge is -2.43. The Morgan fingerprint density at radius 3 is 1.81 bits per heavy atom. The molecule has 42 heavy (non-hydrogen) atoms. The Morgan fingerprint density at radius 1 is 0.786 bits per heavy atom. The van der Waals surface area contributed by atoms with E-state index >= 15 is 0 Å². The molecule has 1 aliphatic heterocycles. The monoisotopic (exact) mass is 608 g/mol. The van der Waals surface area contributed by atoms with Crippen molar-refractivity contribution in [1.82, 2.24) is 0 Å². The van der Waals surface area contributed by atoms with Crippen LogP contribution in [-0.4, -0.2) is 75.5 Å². The predicted molar refractivity (Wildman–Crippen MR) is 151 cm³/mol. The van der Waals surface area contributed by atoms with Gasteiger partial charge in [-0.1, -0.05) is 32.9 Å². The second kappa shape index (κ2) is 14.5. The van der Waals surface area contributed by atoms with E-state index < -0.39 is 75.5 Å². The van der Waals surface area contributed by atoms with Crippen LogP contribution in [0.15, 0.2) is 30.3 Å². The molecule has 0 amide bonds. The average molecular weight is 609 g/mol. The lowest BCUT2D eigenvalue weighted by Crippen LogP contribution is -2.63. The van der Waals surface area contributed by atoms with Crippen molar-refractivity contribution in [3.05, 3.63) is 35.9 Å². The van der Waals surface area contributed by atoms with Gasteiger partial charge in [0.25, 0.3) is 0 Å². The SMILES string of the molecule is CC(=O)OC[C@H]1O[C@@H](OC(=O)/C=C/c2ccc(O[Si](C)(C)C(C)(C)C)cc2)[C@H](OC(C)=O)[C@@H](OC(C)=O)[C@@H]1OC(C)=O. The molecule has 232 valence electrons.